The minimum atomic E-state index is 0.190. The summed E-state index contributed by atoms with van der Waals surface area (Å²) in [5.74, 6) is 1.15. The highest BCUT2D eigenvalue weighted by atomic mass is 16.2. The number of carbonyl (C=O) groups excluding carboxylic acids is 1. The van der Waals surface area contributed by atoms with Gasteiger partial charge in [-0.05, 0) is 36.1 Å². The van der Waals surface area contributed by atoms with E-state index in [9.17, 15) is 4.79 Å². The lowest BCUT2D eigenvalue weighted by Crippen LogP contribution is -2.20. The Labute approximate surface area is 102 Å². The minimum absolute atomic E-state index is 0.190. The van der Waals surface area contributed by atoms with Gasteiger partial charge >= 0.3 is 0 Å². The van der Waals surface area contributed by atoms with E-state index in [-0.39, 0.29) is 5.91 Å². The summed E-state index contributed by atoms with van der Waals surface area (Å²) in [4.78, 5) is 13.3. The van der Waals surface area contributed by atoms with Gasteiger partial charge in [-0.3, -0.25) is 4.79 Å². The maximum Gasteiger partial charge on any atom is 0.231 e. The highest BCUT2D eigenvalue weighted by Crippen LogP contribution is 2.33. The van der Waals surface area contributed by atoms with Crippen LogP contribution >= 0.6 is 0 Å². The summed E-state index contributed by atoms with van der Waals surface area (Å²) in [6.45, 7) is 1.05. The molecule has 0 spiro atoms. The van der Waals surface area contributed by atoms with Crippen LogP contribution in [-0.4, -0.2) is 19.5 Å². The van der Waals surface area contributed by atoms with Crippen molar-refractivity contribution in [2.24, 2.45) is 5.92 Å². The molecule has 0 aromatic heterocycles. The molecule has 0 radical (unpaired) electrons. The summed E-state index contributed by atoms with van der Waals surface area (Å²) >= 11 is 0. The van der Waals surface area contributed by atoms with E-state index in [4.69, 9.17) is 0 Å². The van der Waals surface area contributed by atoms with Crippen LogP contribution in [0.3, 0.4) is 0 Å². The van der Waals surface area contributed by atoms with Crippen molar-refractivity contribution in [3.8, 4) is 0 Å². The minimum Gasteiger partial charge on any atom is -0.385 e. The van der Waals surface area contributed by atoms with Gasteiger partial charge in [-0.1, -0.05) is 12.8 Å². The topological polar surface area (TPSA) is 32.3 Å². The first kappa shape index (κ1) is 10.6. The molecule has 0 bridgehead atoms. The molecule has 1 N–H and O–H groups in total. The van der Waals surface area contributed by atoms with Crippen LogP contribution in [0.25, 0.3) is 0 Å². The second-order valence-electron chi connectivity index (χ2n) is 5.13. The van der Waals surface area contributed by atoms with Crippen molar-refractivity contribution in [3.05, 3.63) is 23.8 Å². The standard InChI is InChI=1S/C14H18N2O/c1-16-13-5-4-12(8-11(13)9-14(16)17)15-7-6-10-2-3-10/h4-5,8,10,15H,2-3,6-7,9H2,1H3. The van der Waals surface area contributed by atoms with Crippen LogP contribution in [-0.2, 0) is 11.2 Å². The average molecular weight is 230 g/mol. The van der Waals surface area contributed by atoms with Crippen molar-refractivity contribution in [1.82, 2.24) is 0 Å². The summed E-state index contributed by atoms with van der Waals surface area (Å²) in [7, 11) is 1.84. The predicted octanol–water partition coefficient (Wildman–Crippen LogP) is 2.42. The first-order chi connectivity index (χ1) is 8.24. The second-order valence-corrected chi connectivity index (χ2v) is 5.13. The van der Waals surface area contributed by atoms with E-state index in [1.54, 1.807) is 4.90 Å². The molecule has 17 heavy (non-hydrogen) atoms. The normalized spacial score (nSPS) is 18.4. The van der Waals surface area contributed by atoms with Gasteiger partial charge in [0.05, 0.1) is 6.42 Å². The Morgan fingerprint density at radius 1 is 1.41 bits per heavy atom. The lowest BCUT2D eigenvalue weighted by Gasteiger charge is -2.11. The molecule has 3 rings (SSSR count). The third kappa shape index (κ3) is 2.14. The molecule has 1 amide bonds. The van der Waals surface area contributed by atoms with Crippen LogP contribution in [0.4, 0.5) is 11.4 Å². The van der Waals surface area contributed by atoms with Crippen molar-refractivity contribution in [1.29, 1.82) is 0 Å². The number of benzene rings is 1. The molecule has 1 aliphatic heterocycles. The van der Waals surface area contributed by atoms with Crippen LogP contribution in [0.2, 0.25) is 0 Å². The van der Waals surface area contributed by atoms with Gasteiger partial charge in [-0.15, -0.1) is 0 Å². The molecule has 1 aromatic carbocycles. The Morgan fingerprint density at radius 3 is 3.00 bits per heavy atom. The van der Waals surface area contributed by atoms with Crippen molar-refractivity contribution in [2.45, 2.75) is 25.7 Å². The van der Waals surface area contributed by atoms with Gasteiger partial charge < -0.3 is 10.2 Å². The molecule has 1 saturated carbocycles. The van der Waals surface area contributed by atoms with Gasteiger partial charge in [0.2, 0.25) is 5.91 Å². The molecule has 0 saturated heterocycles. The van der Waals surface area contributed by atoms with Crippen LogP contribution in [0, 0.1) is 5.92 Å². The smallest absolute Gasteiger partial charge is 0.231 e. The number of rotatable bonds is 4. The van der Waals surface area contributed by atoms with Crippen LogP contribution in [0.15, 0.2) is 18.2 Å². The molecule has 3 nitrogen and oxygen atoms in total. The van der Waals surface area contributed by atoms with E-state index in [1.165, 1.54) is 19.3 Å². The number of anilines is 2. The fourth-order valence-electron chi connectivity index (χ4n) is 2.41. The highest BCUT2D eigenvalue weighted by Gasteiger charge is 2.24. The zero-order valence-electron chi connectivity index (χ0n) is 10.2. The Morgan fingerprint density at radius 2 is 2.24 bits per heavy atom. The number of fused-ring (bicyclic) bond motifs is 1. The summed E-state index contributed by atoms with van der Waals surface area (Å²) in [6.07, 6.45) is 4.64. The molecule has 0 atom stereocenters. The number of likely N-dealkylation sites (N-methyl/N-ethyl adjacent to an activating group) is 1. The van der Waals surface area contributed by atoms with Crippen molar-refractivity contribution < 1.29 is 4.79 Å². The monoisotopic (exact) mass is 230 g/mol. The molecule has 0 unspecified atom stereocenters. The molecule has 1 aromatic rings. The van der Waals surface area contributed by atoms with Gasteiger partial charge in [0.25, 0.3) is 0 Å². The summed E-state index contributed by atoms with van der Waals surface area (Å²) < 4.78 is 0. The maximum absolute atomic E-state index is 11.6. The van der Waals surface area contributed by atoms with Crippen LogP contribution in [0.1, 0.15) is 24.8 Å². The number of amides is 1. The molecule has 3 heteroatoms. The zero-order valence-corrected chi connectivity index (χ0v) is 10.2. The van der Waals surface area contributed by atoms with E-state index in [2.05, 4.69) is 17.4 Å². The van der Waals surface area contributed by atoms with Gasteiger partial charge in [0, 0.05) is 25.0 Å². The van der Waals surface area contributed by atoms with Gasteiger partial charge in [-0.2, -0.15) is 0 Å². The molecule has 1 heterocycles. The number of nitrogens with one attached hydrogen (secondary N) is 1. The summed E-state index contributed by atoms with van der Waals surface area (Å²) in [5.41, 5.74) is 3.35. The van der Waals surface area contributed by atoms with E-state index in [0.717, 1.165) is 29.4 Å². The number of nitrogens with zero attached hydrogens (tertiary/aromatic N) is 1. The quantitative estimate of drug-likeness (QED) is 0.861. The second kappa shape index (κ2) is 4.06. The Hall–Kier alpha value is -1.51. The fourth-order valence-corrected chi connectivity index (χ4v) is 2.41. The van der Waals surface area contributed by atoms with E-state index < -0.39 is 0 Å². The van der Waals surface area contributed by atoms with Crippen molar-refractivity contribution in [2.75, 3.05) is 23.8 Å². The average Bonchev–Trinajstić information content (AvgIpc) is 3.08. The zero-order chi connectivity index (χ0) is 11.8. The molecular weight excluding hydrogens is 212 g/mol. The van der Waals surface area contributed by atoms with Gasteiger partial charge in [0.1, 0.15) is 0 Å². The molecular formula is C14H18N2O. The first-order valence-electron chi connectivity index (χ1n) is 6.37. The molecule has 1 fully saturated rings. The van der Waals surface area contributed by atoms with Crippen LogP contribution in [0.5, 0.6) is 0 Å². The highest BCUT2D eigenvalue weighted by molar-refractivity contribution is 6.01. The third-order valence-corrected chi connectivity index (χ3v) is 3.74. The number of carbonyl (C=O) groups is 1. The third-order valence-electron chi connectivity index (χ3n) is 3.74. The van der Waals surface area contributed by atoms with E-state index in [0.29, 0.717) is 6.42 Å². The molecule has 90 valence electrons. The summed E-state index contributed by atoms with van der Waals surface area (Å²) in [6, 6.07) is 6.23. The maximum atomic E-state index is 11.6. The summed E-state index contributed by atoms with van der Waals surface area (Å²) in [5, 5.41) is 3.45. The van der Waals surface area contributed by atoms with Gasteiger partial charge in [-0.25, -0.2) is 0 Å². The van der Waals surface area contributed by atoms with Crippen LogP contribution < -0.4 is 10.2 Å². The lowest BCUT2D eigenvalue weighted by atomic mass is 10.1. The Bertz CT molecular complexity index is 452. The largest absolute Gasteiger partial charge is 0.385 e. The SMILES string of the molecule is CN1C(=O)Cc2cc(NCCC3CC3)ccc21. The molecule has 1 aliphatic carbocycles. The Balaban J connectivity index is 1.66. The predicted molar refractivity (Wildman–Crippen MR) is 69.4 cm³/mol. The number of hydrogen-bond donors (Lipinski definition) is 1. The Kier molecular flexibility index (Phi) is 2.54. The van der Waals surface area contributed by atoms with Gasteiger partial charge in [0.15, 0.2) is 0 Å². The van der Waals surface area contributed by atoms with E-state index in [1.807, 2.05) is 13.1 Å². The fraction of sp³-hybridized carbons (Fsp3) is 0.500. The van der Waals surface area contributed by atoms with Crippen molar-refractivity contribution in [3.63, 3.8) is 0 Å². The lowest BCUT2D eigenvalue weighted by molar-refractivity contribution is -0.117. The van der Waals surface area contributed by atoms with Crippen molar-refractivity contribution >= 4 is 17.3 Å². The first-order valence-corrected chi connectivity index (χ1v) is 6.37. The number of hydrogen-bond acceptors (Lipinski definition) is 2. The van der Waals surface area contributed by atoms with E-state index >= 15 is 0 Å². The molecule has 2 aliphatic rings.